The predicted octanol–water partition coefficient (Wildman–Crippen LogP) is 1.47. The van der Waals surface area contributed by atoms with Crippen molar-refractivity contribution in [1.82, 2.24) is 10.2 Å². The Balaban J connectivity index is 2.57. The largest absolute Gasteiger partial charge is 0.454 e. The van der Waals surface area contributed by atoms with Gasteiger partial charge in [0.1, 0.15) is 5.58 Å². The van der Waals surface area contributed by atoms with E-state index in [1.165, 1.54) is 6.20 Å². The van der Waals surface area contributed by atoms with Crippen LogP contribution in [0.3, 0.4) is 0 Å². The van der Waals surface area contributed by atoms with Gasteiger partial charge in [-0.1, -0.05) is 6.07 Å². The first-order chi connectivity index (χ1) is 7.77. The molecule has 5 nitrogen and oxygen atoms in total. The molecule has 2 N–H and O–H groups in total. The van der Waals surface area contributed by atoms with Crippen molar-refractivity contribution in [3.05, 3.63) is 36.2 Å². The number of hydrogen-bond acceptors (Lipinski definition) is 4. The van der Waals surface area contributed by atoms with Crippen molar-refractivity contribution < 1.29 is 9.21 Å². The van der Waals surface area contributed by atoms with Crippen LogP contribution in [0.25, 0.3) is 21.9 Å². The number of primary amides is 1. The first kappa shape index (κ1) is 8.84. The van der Waals surface area contributed by atoms with Gasteiger partial charge in [-0.05, 0) is 12.1 Å². The lowest BCUT2D eigenvalue weighted by molar-refractivity contribution is 0.100. The molecule has 0 saturated heterocycles. The van der Waals surface area contributed by atoms with E-state index in [0.717, 1.165) is 5.39 Å². The highest BCUT2D eigenvalue weighted by atomic mass is 16.3. The maximum Gasteiger partial charge on any atom is 0.249 e. The number of amides is 1. The third-order valence-electron chi connectivity index (χ3n) is 2.47. The minimum absolute atomic E-state index is 0.434. The molecule has 0 fully saturated rings. The minimum atomic E-state index is -0.481. The fourth-order valence-corrected chi connectivity index (χ4v) is 1.80. The number of hydrogen-bond donors (Lipinski definition) is 1. The van der Waals surface area contributed by atoms with Crippen molar-refractivity contribution in [1.29, 1.82) is 0 Å². The van der Waals surface area contributed by atoms with Gasteiger partial charge in [-0.15, -0.1) is 0 Å². The molecular weight excluding hydrogens is 206 g/mol. The van der Waals surface area contributed by atoms with Crippen molar-refractivity contribution in [2.75, 3.05) is 0 Å². The summed E-state index contributed by atoms with van der Waals surface area (Å²) in [5, 5.41) is 8.94. The van der Waals surface area contributed by atoms with E-state index < -0.39 is 5.91 Å². The second-order valence-electron chi connectivity index (χ2n) is 3.41. The molecule has 0 aliphatic carbocycles. The van der Waals surface area contributed by atoms with Gasteiger partial charge in [0.2, 0.25) is 5.91 Å². The summed E-state index contributed by atoms with van der Waals surface area (Å²) in [7, 11) is 0. The molecule has 2 heterocycles. The zero-order valence-corrected chi connectivity index (χ0v) is 8.18. The zero-order chi connectivity index (χ0) is 11.1. The van der Waals surface area contributed by atoms with E-state index in [2.05, 4.69) is 10.2 Å². The summed E-state index contributed by atoms with van der Waals surface area (Å²) in [5.41, 5.74) is 6.96. The van der Waals surface area contributed by atoms with Gasteiger partial charge in [0.15, 0.2) is 5.58 Å². The average molecular weight is 213 g/mol. The average Bonchev–Trinajstić information content (AvgIpc) is 2.66. The number of fused-ring (bicyclic) bond motifs is 3. The first-order valence-electron chi connectivity index (χ1n) is 4.69. The molecule has 3 rings (SSSR count). The Bertz CT molecular complexity index is 703. The van der Waals surface area contributed by atoms with E-state index in [9.17, 15) is 4.79 Å². The molecule has 0 aliphatic rings. The van der Waals surface area contributed by atoms with Crippen LogP contribution in [0.15, 0.2) is 35.0 Å². The van der Waals surface area contributed by atoms with E-state index in [0.29, 0.717) is 22.1 Å². The van der Waals surface area contributed by atoms with Crippen LogP contribution in [0.1, 0.15) is 10.4 Å². The minimum Gasteiger partial charge on any atom is -0.454 e. The van der Waals surface area contributed by atoms with Crippen LogP contribution < -0.4 is 5.73 Å². The molecule has 0 aliphatic heterocycles. The molecule has 2 aromatic heterocycles. The van der Waals surface area contributed by atoms with Crippen LogP contribution in [0.2, 0.25) is 0 Å². The highest BCUT2D eigenvalue weighted by Gasteiger charge is 2.13. The molecule has 0 atom stereocenters. The van der Waals surface area contributed by atoms with Crippen molar-refractivity contribution in [2.24, 2.45) is 5.73 Å². The number of aromatic nitrogens is 2. The van der Waals surface area contributed by atoms with Gasteiger partial charge in [0.25, 0.3) is 0 Å². The molecule has 0 saturated carbocycles. The third kappa shape index (κ3) is 1.08. The molecular formula is C11H7N3O2. The van der Waals surface area contributed by atoms with Crippen LogP contribution in [0.5, 0.6) is 0 Å². The molecule has 3 aromatic rings. The summed E-state index contributed by atoms with van der Waals surface area (Å²) in [6.45, 7) is 0. The van der Waals surface area contributed by atoms with E-state index in [1.807, 2.05) is 0 Å². The highest BCUT2D eigenvalue weighted by molar-refractivity contribution is 6.15. The normalized spacial score (nSPS) is 11.0. The Labute approximate surface area is 89.9 Å². The summed E-state index contributed by atoms with van der Waals surface area (Å²) in [6.07, 6.45) is 3.08. The van der Waals surface area contributed by atoms with Crippen molar-refractivity contribution in [3.8, 4) is 0 Å². The fourth-order valence-electron chi connectivity index (χ4n) is 1.80. The Morgan fingerprint density at radius 1 is 1.19 bits per heavy atom. The maximum absolute atomic E-state index is 11.3. The summed E-state index contributed by atoms with van der Waals surface area (Å²) in [4.78, 5) is 11.3. The summed E-state index contributed by atoms with van der Waals surface area (Å²) in [5.74, 6) is -0.481. The van der Waals surface area contributed by atoms with E-state index in [1.54, 1.807) is 24.4 Å². The van der Waals surface area contributed by atoms with Gasteiger partial charge in [-0.25, -0.2) is 0 Å². The lowest BCUT2D eigenvalue weighted by Gasteiger charge is -1.96. The predicted molar refractivity (Wildman–Crippen MR) is 57.8 cm³/mol. The quantitative estimate of drug-likeness (QED) is 0.663. The Hall–Kier alpha value is -2.43. The second-order valence-corrected chi connectivity index (χ2v) is 3.41. The van der Waals surface area contributed by atoms with Gasteiger partial charge < -0.3 is 10.2 Å². The Morgan fingerprint density at radius 2 is 2.00 bits per heavy atom. The molecule has 16 heavy (non-hydrogen) atoms. The van der Waals surface area contributed by atoms with Gasteiger partial charge in [0.05, 0.1) is 23.3 Å². The summed E-state index contributed by atoms with van der Waals surface area (Å²) < 4.78 is 5.53. The number of nitrogens with two attached hydrogens (primary N) is 1. The topological polar surface area (TPSA) is 82.0 Å². The molecule has 0 spiro atoms. The van der Waals surface area contributed by atoms with E-state index in [-0.39, 0.29) is 0 Å². The first-order valence-corrected chi connectivity index (χ1v) is 4.69. The molecule has 1 aromatic carbocycles. The van der Waals surface area contributed by atoms with E-state index >= 15 is 0 Å². The number of benzene rings is 1. The Kier molecular flexibility index (Phi) is 1.67. The van der Waals surface area contributed by atoms with E-state index in [4.69, 9.17) is 10.2 Å². The van der Waals surface area contributed by atoms with Crippen LogP contribution in [0, 0.1) is 0 Å². The molecule has 0 unspecified atom stereocenters. The second kappa shape index (κ2) is 3.03. The fraction of sp³-hybridized carbons (Fsp3) is 0. The summed E-state index contributed by atoms with van der Waals surface area (Å²) in [6, 6.07) is 5.17. The highest BCUT2D eigenvalue weighted by Crippen LogP contribution is 2.29. The molecule has 0 radical (unpaired) electrons. The molecule has 5 heteroatoms. The lowest BCUT2D eigenvalue weighted by Crippen LogP contribution is -2.10. The van der Waals surface area contributed by atoms with Crippen molar-refractivity contribution in [3.63, 3.8) is 0 Å². The standard InChI is InChI=1S/C11H7N3O2/c12-11(15)6-2-1-3-8-10(6)7-4-13-14-5-9(7)16-8/h1-5H,(H2,12,15). The number of carbonyl (C=O) groups excluding carboxylic acids is 1. The number of nitrogens with zero attached hydrogens (tertiary/aromatic N) is 2. The van der Waals surface area contributed by atoms with Crippen molar-refractivity contribution >= 4 is 27.8 Å². The number of furan rings is 1. The summed E-state index contributed by atoms with van der Waals surface area (Å²) >= 11 is 0. The zero-order valence-electron chi connectivity index (χ0n) is 8.18. The smallest absolute Gasteiger partial charge is 0.249 e. The van der Waals surface area contributed by atoms with Gasteiger partial charge in [0, 0.05) is 5.39 Å². The van der Waals surface area contributed by atoms with Crippen LogP contribution in [-0.4, -0.2) is 16.1 Å². The Morgan fingerprint density at radius 3 is 2.81 bits per heavy atom. The molecule has 1 amide bonds. The maximum atomic E-state index is 11.3. The van der Waals surface area contributed by atoms with Gasteiger partial charge in [-0.3, -0.25) is 4.79 Å². The lowest BCUT2D eigenvalue weighted by atomic mass is 10.1. The third-order valence-corrected chi connectivity index (χ3v) is 2.47. The van der Waals surface area contributed by atoms with Crippen LogP contribution >= 0.6 is 0 Å². The number of carbonyl (C=O) groups is 1. The van der Waals surface area contributed by atoms with Crippen LogP contribution in [0.4, 0.5) is 0 Å². The molecule has 0 bridgehead atoms. The SMILES string of the molecule is NC(=O)c1cccc2oc3cnncc3c12. The van der Waals surface area contributed by atoms with Gasteiger partial charge in [-0.2, -0.15) is 10.2 Å². The van der Waals surface area contributed by atoms with Gasteiger partial charge >= 0.3 is 0 Å². The van der Waals surface area contributed by atoms with Crippen molar-refractivity contribution in [2.45, 2.75) is 0 Å². The number of rotatable bonds is 1. The monoisotopic (exact) mass is 213 g/mol. The van der Waals surface area contributed by atoms with Crippen LogP contribution in [-0.2, 0) is 0 Å². The molecule has 78 valence electrons.